The van der Waals surface area contributed by atoms with Crippen LogP contribution in [0.5, 0.6) is 0 Å². The molecule has 1 aromatic heterocycles. The van der Waals surface area contributed by atoms with Gasteiger partial charge in [-0.3, -0.25) is 4.79 Å². The number of carbonyl (C=O) groups is 2. The predicted octanol–water partition coefficient (Wildman–Crippen LogP) is -0.442. The van der Waals surface area contributed by atoms with Crippen LogP contribution in [-0.2, 0) is 11.3 Å². The van der Waals surface area contributed by atoms with Crippen molar-refractivity contribution in [3.8, 4) is 0 Å². The lowest BCUT2D eigenvalue weighted by Crippen LogP contribution is -2.38. The molecule has 14 heavy (non-hydrogen) atoms. The number of aromatic nitrogens is 1. The average Bonchev–Trinajstić information content (AvgIpc) is 2.63. The number of aliphatic carboxylic acids is 1. The maximum Gasteiger partial charge on any atom is 0.323 e. The second-order valence-corrected chi connectivity index (χ2v) is 2.42. The quantitative estimate of drug-likeness (QED) is 0.609. The molecule has 0 aliphatic heterocycles. The second kappa shape index (κ2) is 4.85. The van der Waals surface area contributed by atoms with Gasteiger partial charge in [0.1, 0.15) is 18.5 Å². The Morgan fingerprint density at radius 1 is 1.50 bits per heavy atom. The van der Waals surface area contributed by atoms with Gasteiger partial charge in [0.2, 0.25) is 0 Å². The summed E-state index contributed by atoms with van der Waals surface area (Å²) in [7, 11) is 0. The Bertz CT molecular complexity index is 309. The third kappa shape index (κ3) is 3.57. The van der Waals surface area contributed by atoms with E-state index in [-0.39, 0.29) is 6.54 Å². The first-order chi connectivity index (χ1) is 6.68. The van der Waals surface area contributed by atoms with Gasteiger partial charge in [0.25, 0.3) is 0 Å². The van der Waals surface area contributed by atoms with Crippen LogP contribution in [0.2, 0.25) is 0 Å². The molecule has 0 fully saturated rings. The molecule has 1 aromatic rings. The van der Waals surface area contributed by atoms with Crippen molar-refractivity contribution < 1.29 is 19.2 Å². The summed E-state index contributed by atoms with van der Waals surface area (Å²) in [6.45, 7) is -0.216. The number of carboxylic acids is 1. The van der Waals surface area contributed by atoms with Gasteiger partial charge in [-0.25, -0.2) is 4.79 Å². The van der Waals surface area contributed by atoms with Gasteiger partial charge in [-0.1, -0.05) is 5.16 Å². The van der Waals surface area contributed by atoms with Crippen molar-refractivity contribution in [2.45, 2.75) is 6.54 Å². The minimum Gasteiger partial charge on any atom is -0.480 e. The van der Waals surface area contributed by atoms with Crippen molar-refractivity contribution in [2.24, 2.45) is 0 Å². The number of hydrogen-bond donors (Lipinski definition) is 3. The highest BCUT2D eigenvalue weighted by atomic mass is 16.5. The topological polar surface area (TPSA) is 104 Å². The number of amides is 2. The van der Waals surface area contributed by atoms with E-state index in [1.165, 1.54) is 6.26 Å². The van der Waals surface area contributed by atoms with E-state index in [0.717, 1.165) is 0 Å². The molecule has 0 bridgehead atoms. The van der Waals surface area contributed by atoms with E-state index in [1.807, 2.05) is 0 Å². The lowest BCUT2D eigenvalue weighted by atomic mass is 10.4. The monoisotopic (exact) mass is 199 g/mol. The molecule has 0 aliphatic carbocycles. The zero-order valence-electron chi connectivity index (χ0n) is 7.19. The van der Waals surface area contributed by atoms with Crippen LogP contribution in [0.25, 0.3) is 0 Å². The molecule has 0 aliphatic rings. The van der Waals surface area contributed by atoms with E-state index in [4.69, 9.17) is 5.11 Å². The van der Waals surface area contributed by atoms with Gasteiger partial charge in [-0.15, -0.1) is 0 Å². The third-order valence-corrected chi connectivity index (χ3v) is 1.32. The van der Waals surface area contributed by atoms with E-state index < -0.39 is 18.5 Å². The highest BCUT2D eigenvalue weighted by molar-refractivity contribution is 5.79. The highest BCUT2D eigenvalue weighted by Crippen LogP contribution is 1.91. The molecule has 0 radical (unpaired) electrons. The van der Waals surface area contributed by atoms with Gasteiger partial charge in [-0.05, 0) is 0 Å². The fraction of sp³-hybridized carbons (Fsp3) is 0.286. The lowest BCUT2D eigenvalue weighted by molar-refractivity contribution is -0.135. The fourth-order valence-electron chi connectivity index (χ4n) is 0.718. The predicted molar refractivity (Wildman–Crippen MR) is 44.4 cm³/mol. The second-order valence-electron chi connectivity index (χ2n) is 2.42. The Morgan fingerprint density at radius 2 is 2.29 bits per heavy atom. The van der Waals surface area contributed by atoms with Crippen molar-refractivity contribution in [1.29, 1.82) is 0 Å². The molecular weight excluding hydrogens is 190 g/mol. The van der Waals surface area contributed by atoms with Crippen molar-refractivity contribution in [3.63, 3.8) is 0 Å². The summed E-state index contributed by atoms with van der Waals surface area (Å²) in [6, 6.07) is 1.03. The summed E-state index contributed by atoms with van der Waals surface area (Å²) >= 11 is 0. The molecule has 7 heteroatoms. The maximum atomic E-state index is 10.9. The minimum atomic E-state index is -1.10. The van der Waals surface area contributed by atoms with E-state index in [9.17, 15) is 9.59 Å². The van der Waals surface area contributed by atoms with Crippen LogP contribution < -0.4 is 10.6 Å². The zero-order valence-corrected chi connectivity index (χ0v) is 7.19. The summed E-state index contributed by atoms with van der Waals surface area (Å²) < 4.78 is 4.53. The maximum absolute atomic E-state index is 10.9. The summed E-state index contributed by atoms with van der Waals surface area (Å²) in [5, 5.41) is 16.3. The number of carboxylic acid groups (broad SMARTS) is 1. The molecule has 1 rings (SSSR count). The smallest absolute Gasteiger partial charge is 0.323 e. The van der Waals surface area contributed by atoms with Crippen LogP contribution in [0.3, 0.4) is 0 Å². The number of nitrogens with zero attached hydrogens (tertiary/aromatic N) is 1. The molecule has 3 N–H and O–H groups in total. The first-order valence-corrected chi connectivity index (χ1v) is 3.81. The molecule has 0 spiro atoms. The van der Waals surface area contributed by atoms with Gasteiger partial charge in [-0.2, -0.15) is 0 Å². The lowest BCUT2D eigenvalue weighted by Gasteiger charge is -2.02. The van der Waals surface area contributed by atoms with Crippen LogP contribution in [0, 0.1) is 0 Å². The number of hydrogen-bond acceptors (Lipinski definition) is 4. The number of nitrogens with one attached hydrogen (secondary N) is 2. The number of rotatable bonds is 4. The van der Waals surface area contributed by atoms with E-state index >= 15 is 0 Å². The van der Waals surface area contributed by atoms with Crippen molar-refractivity contribution >= 4 is 12.0 Å². The number of urea groups is 1. The Kier molecular flexibility index (Phi) is 3.48. The third-order valence-electron chi connectivity index (χ3n) is 1.32. The van der Waals surface area contributed by atoms with Crippen LogP contribution in [0.15, 0.2) is 16.9 Å². The minimum absolute atomic E-state index is 0.196. The van der Waals surface area contributed by atoms with E-state index in [2.05, 4.69) is 20.3 Å². The normalized spacial score (nSPS) is 9.43. The van der Waals surface area contributed by atoms with Gasteiger partial charge < -0.3 is 20.3 Å². The molecular formula is C7H9N3O4. The molecule has 0 unspecified atom stereocenters. The molecule has 1 heterocycles. The average molecular weight is 199 g/mol. The zero-order chi connectivity index (χ0) is 10.4. The molecule has 0 atom stereocenters. The molecule has 0 saturated heterocycles. The van der Waals surface area contributed by atoms with Gasteiger partial charge in [0.15, 0.2) is 0 Å². The summed E-state index contributed by atoms with van der Waals surface area (Å²) in [5.74, 6) is -1.10. The van der Waals surface area contributed by atoms with Crippen molar-refractivity contribution in [2.75, 3.05) is 6.54 Å². The van der Waals surface area contributed by atoms with Crippen molar-refractivity contribution in [1.82, 2.24) is 15.8 Å². The summed E-state index contributed by atoms with van der Waals surface area (Å²) in [6.07, 6.45) is 1.38. The van der Waals surface area contributed by atoms with Gasteiger partial charge in [0, 0.05) is 6.07 Å². The molecule has 7 nitrogen and oxygen atoms in total. The standard InChI is InChI=1S/C7H9N3O4/c11-6(12)4-9-7(13)8-3-5-1-2-14-10-5/h1-2H,3-4H2,(H,11,12)(H2,8,9,13). The first-order valence-electron chi connectivity index (χ1n) is 3.81. The molecule has 0 saturated carbocycles. The first kappa shape index (κ1) is 10.0. The van der Waals surface area contributed by atoms with Crippen LogP contribution >= 0.6 is 0 Å². The van der Waals surface area contributed by atoms with Gasteiger partial charge >= 0.3 is 12.0 Å². The molecule has 2 amide bonds. The van der Waals surface area contributed by atoms with E-state index in [0.29, 0.717) is 5.69 Å². The number of carbonyl (C=O) groups excluding carboxylic acids is 1. The largest absolute Gasteiger partial charge is 0.480 e. The molecule has 0 aromatic carbocycles. The Labute approximate surface area is 79.1 Å². The highest BCUT2D eigenvalue weighted by Gasteiger charge is 2.03. The van der Waals surface area contributed by atoms with E-state index in [1.54, 1.807) is 6.07 Å². The summed E-state index contributed by atoms with van der Waals surface area (Å²) in [4.78, 5) is 21.0. The van der Waals surface area contributed by atoms with Gasteiger partial charge in [0.05, 0.1) is 6.54 Å². The summed E-state index contributed by atoms with van der Waals surface area (Å²) in [5.41, 5.74) is 0.565. The SMILES string of the molecule is O=C(O)CNC(=O)NCc1ccon1. The van der Waals surface area contributed by atoms with Crippen molar-refractivity contribution in [3.05, 3.63) is 18.0 Å². The Balaban J connectivity index is 2.18. The Morgan fingerprint density at radius 3 is 2.86 bits per heavy atom. The Hall–Kier alpha value is -2.05. The van der Waals surface area contributed by atoms with Crippen LogP contribution in [-0.4, -0.2) is 28.8 Å². The fourth-order valence-corrected chi connectivity index (χ4v) is 0.718. The van der Waals surface area contributed by atoms with Crippen LogP contribution in [0.4, 0.5) is 4.79 Å². The van der Waals surface area contributed by atoms with Crippen LogP contribution in [0.1, 0.15) is 5.69 Å². The molecule has 76 valence electrons.